The SMILES string of the molecule is [C-]#[N+]c1cc(CCCOC)c(N)cc1C. The standard InChI is InChI=1S/C12H16N2O/c1-9-7-11(13)10(5-4-6-15-3)8-12(9)14-2/h7-8H,4-6,13H2,1,3H3. The molecule has 15 heavy (non-hydrogen) atoms. The molecule has 0 aliphatic rings. The Hall–Kier alpha value is -1.53. The van der Waals surface area contributed by atoms with Crippen molar-refractivity contribution in [1.29, 1.82) is 0 Å². The molecule has 0 heterocycles. The molecule has 0 aliphatic carbocycles. The number of nitrogen functional groups attached to an aromatic ring is 1. The van der Waals surface area contributed by atoms with E-state index in [1.165, 1.54) is 0 Å². The normalized spacial score (nSPS) is 9.93. The molecule has 0 bridgehead atoms. The van der Waals surface area contributed by atoms with E-state index in [1.807, 2.05) is 19.1 Å². The Morgan fingerprint density at radius 3 is 2.80 bits per heavy atom. The third-order valence-corrected chi connectivity index (χ3v) is 2.37. The molecule has 0 spiro atoms. The number of hydrogen-bond donors (Lipinski definition) is 1. The predicted octanol–water partition coefficient (Wildman–Crippen LogP) is 2.71. The highest BCUT2D eigenvalue weighted by Crippen LogP contribution is 2.26. The zero-order valence-corrected chi connectivity index (χ0v) is 9.21. The fraction of sp³-hybridized carbons (Fsp3) is 0.417. The largest absolute Gasteiger partial charge is 0.399 e. The average Bonchev–Trinajstić information content (AvgIpc) is 2.21. The second kappa shape index (κ2) is 5.38. The van der Waals surface area contributed by atoms with Crippen molar-refractivity contribution in [3.63, 3.8) is 0 Å². The lowest BCUT2D eigenvalue weighted by molar-refractivity contribution is 0.195. The van der Waals surface area contributed by atoms with Gasteiger partial charge in [-0.05, 0) is 37.0 Å². The lowest BCUT2D eigenvalue weighted by Crippen LogP contribution is -1.98. The van der Waals surface area contributed by atoms with E-state index in [9.17, 15) is 0 Å². The molecule has 1 aromatic rings. The summed E-state index contributed by atoms with van der Waals surface area (Å²) >= 11 is 0. The first-order valence-corrected chi connectivity index (χ1v) is 4.94. The minimum absolute atomic E-state index is 0.691. The van der Waals surface area contributed by atoms with Gasteiger partial charge in [0, 0.05) is 19.4 Å². The zero-order chi connectivity index (χ0) is 11.3. The van der Waals surface area contributed by atoms with Crippen molar-refractivity contribution in [2.24, 2.45) is 0 Å². The van der Waals surface area contributed by atoms with Gasteiger partial charge >= 0.3 is 0 Å². The van der Waals surface area contributed by atoms with E-state index in [0.29, 0.717) is 5.69 Å². The predicted molar refractivity (Wildman–Crippen MR) is 62.1 cm³/mol. The van der Waals surface area contributed by atoms with E-state index < -0.39 is 0 Å². The van der Waals surface area contributed by atoms with Crippen molar-refractivity contribution >= 4 is 11.4 Å². The third-order valence-electron chi connectivity index (χ3n) is 2.37. The topological polar surface area (TPSA) is 39.6 Å². The Kier molecular flexibility index (Phi) is 4.14. The Labute approximate surface area is 90.7 Å². The highest BCUT2D eigenvalue weighted by molar-refractivity contribution is 5.62. The van der Waals surface area contributed by atoms with Crippen LogP contribution in [0.4, 0.5) is 11.4 Å². The average molecular weight is 204 g/mol. The first-order valence-electron chi connectivity index (χ1n) is 4.94. The van der Waals surface area contributed by atoms with Gasteiger partial charge in [0.05, 0.1) is 6.57 Å². The van der Waals surface area contributed by atoms with Gasteiger partial charge in [-0.25, -0.2) is 4.85 Å². The van der Waals surface area contributed by atoms with Crippen molar-refractivity contribution in [1.82, 2.24) is 0 Å². The van der Waals surface area contributed by atoms with Crippen molar-refractivity contribution in [3.05, 3.63) is 34.7 Å². The lowest BCUT2D eigenvalue weighted by Gasteiger charge is -2.08. The smallest absolute Gasteiger partial charge is 0.190 e. The molecule has 3 nitrogen and oxygen atoms in total. The number of rotatable bonds is 4. The summed E-state index contributed by atoms with van der Waals surface area (Å²) in [6.07, 6.45) is 1.80. The molecule has 0 amide bonds. The van der Waals surface area contributed by atoms with Gasteiger partial charge in [-0.1, -0.05) is 6.07 Å². The second-order valence-corrected chi connectivity index (χ2v) is 3.55. The number of nitrogens with two attached hydrogens (primary N) is 1. The number of aryl methyl sites for hydroxylation is 2. The van der Waals surface area contributed by atoms with Gasteiger partial charge in [-0.2, -0.15) is 0 Å². The van der Waals surface area contributed by atoms with Crippen molar-refractivity contribution < 1.29 is 4.74 Å². The van der Waals surface area contributed by atoms with Crippen LogP contribution in [0.5, 0.6) is 0 Å². The second-order valence-electron chi connectivity index (χ2n) is 3.55. The molecule has 0 aliphatic heterocycles. The van der Waals surface area contributed by atoms with Gasteiger partial charge in [-0.15, -0.1) is 0 Å². The molecule has 0 unspecified atom stereocenters. The molecule has 0 aromatic heterocycles. The van der Waals surface area contributed by atoms with Crippen LogP contribution in [0.3, 0.4) is 0 Å². The quantitative estimate of drug-likeness (QED) is 0.465. The minimum atomic E-state index is 0.691. The van der Waals surface area contributed by atoms with Crippen LogP contribution in [-0.4, -0.2) is 13.7 Å². The van der Waals surface area contributed by atoms with Crippen LogP contribution >= 0.6 is 0 Å². The Morgan fingerprint density at radius 2 is 2.20 bits per heavy atom. The molecule has 1 aromatic carbocycles. The summed E-state index contributed by atoms with van der Waals surface area (Å²) in [4.78, 5) is 3.46. The zero-order valence-electron chi connectivity index (χ0n) is 9.21. The number of nitrogens with zero attached hydrogens (tertiary/aromatic N) is 1. The molecule has 0 radical (unpaired) electrons. The van der Waals surface area contributed by atoms with Gasteiger partial charge in [0.15, 0.2) is 5.69 Å². The molecule has 1 rings (SSSR count). The van der Waals surface area contributed by atoms with E-state index in [2.05, 4.69) is 4.85 Å². The van der Waals surface area contributed by atoms with Gasteiger partial charge in [0.1, 0.15) is 0 Å². The van der Waals surface area contributed by atoms with E-state index in [4.69, 9.17) is 17.0 Å². The van der Waals surface area contributed by atoms with Gasteiger partial charge in [-0.3, -0.25) is 0 Å². The molecule has 0 saturated heterocycles. The summed E-state index contributed by atoms with van der Waals surface area (Å²) in [5.41, 5.74) is 9.34. The van der Waals surface area contributed by atoms with Crippen LogP contribution in [0.25, 0.3) is 4.85 Å². The Balaban J connectivity index is 2.84. The molecule has 0 saturated carbocycles. The fourth-order valence-corrected chi connectivity index (χ4v) is 1.51. The minimum Gasteiger partial charge on any atom is -0.399 e. The van der Waals surface area contributed by atoms with Crippen LogP contribution in [-0.2, 0) is 11.2 Å². The Bertz CT molecular complexity index is 380. The molecule has 3 heteroatoms. The first kappa shape index (κ1) is 11.5. The monoisotopic (exact) mass is 204 g/mol. The van der Waals surface area contributed by atoms with E-state index in [0.717, 1.165) is 36.3 Å². The highest BCUT2D eigenvalue weighted by Gasteiger charge is 2.04. The summed E-state index contributed by atoms with van der Waals surface area (Å²) in [5, 5.41) is 0. The van der Waals surface area contributed by atoms with Crippen LogP contribution in [0.15, 0.2) is 12.1 Å². The molecule has 0 fully saturated rings. The number of benzene rings is 1. The molecular formula is C12H16N2O. The summed E-state index contributed by atoms with van der Waals surface area (Å²) in [7, 11) is 1.68. The summed E-state index contributed by atoms with van der Waals surface area (Å²) in [6, 6.07) is 3.75. The fourth-order valence-electron chi connectivity index (χ4n) is 1.51. The maximum absolute atomic E-state index is 7.02. The highest BCUT2D eigenvalue weighted by atomic mass is 16.5. The molecule has 80 valence electrons. The van der Waals surface area contributed by atoms with E-state index >= 15 is 0 Å². The van der Waals surface area contributed by atoms with E-state index in [1.54, 1.807) is 7.11 Å². The summed E-state index contributed by atoms with van der Waals surface area (Å²) < 4.78 is 4.98. The molecule has 0 atom stereocenters. The first-order chi connectivity index (χ1) is 7.19. The summed E-state index contributed by atoms with van der Waals surface area (Å²) in [5.74, 6) is 0. The maximum Gasteiger partial charge on any atom is 0.190 e. The summed E-state index contributed by atoms with van der Waals surface area (Å²) in [6.45, 7) is 9.65. The maximum atomic E-state index is 7.02. The number of ether oxygens (including phenoxy) is 1. The van der Waals surface area contributed by atoms with Crippen LogP contribution in [0, 0.1) is 13.5 Å². The van der Waals surface area contributed by atoms with Crippen molar-refractivity contribution in [2.45, 2.75) is 19.8 Å². The number of anilines is 1. The molecular weight excluding hydrogens is 188 g/mol. The van der Waals surface area contributed by atoms with Crippen molar-refractivity contribution in [3.8, 4) is 0 Å². The van der Waals surface area contributed by atoms with Gasteiger partial charge in [0.25, 0.3) is 0 Å². The van der Waals surface area contributed by atoms with Gasteiger partial charge < -0.3 is 10.5 Å². The van der Waals surface area contributed by atoms with Crippen molar-refractivity contribution in [2.75, 3.05) is 19.5 Å². The van der Waals surface area contributed by atoms with Gasteiger partial charge in [0.2, 0.25) is 0 Å². The number of methoxy groups -OCH3 is 1. The van der Waals surface area contributed by atoms with Crippen LogP contribution < -0.4 is 5.73 Å². The number of hydrogen-bond acceptors (Lipinski definition) is 2. The van der Waals surface area contributed by atoms with E-state index in [-0.39, 0.29) is 0 Å². The van der Waals surface area contributed by atoms with Crippen LogP contribution in [0.1, 0.15) is 17.5 Å². The third kappa shape index (κ3) is 2.97. The lowest BCUT2D eigenvalue weighted by atomic mass is 10.0. The van der Waals surface area contributed by atoms with Crippen LogP contribution in [0.2, 0.25) is 0 Å². The Morgan fingerprint density at radius 1 is 1.47 bits per heavy atom. The molecule has 2 N–H and O–H groups in total.